The maximum Gasteiger partial charge on any atom is 0.228 e. The molecular weight excluding hydrogens is 506 g/mol. The number of amides is 1. The van der Waals surface area contributed by atoms with Crippen molar-refractivity contribution in [1.29, 1.82) is 0 Å². The van der Waals surface area contributed by atoms with E-state index in [0.717, 1.165) is 0 Å². The van der Waals surface area contributed by atoms with Crippen LogP contribution in [0.25, 0.3) is 10.9 Å². The standard InChI is InChI=1S/C25H30F2N6O3.ClH/c1-4-16-13-32(20(34)12-18(28)14-5-7-15(26)8-6-14)9-10-33(16)25-30-22-17(24(29)31-25)11-19(35-2)23(36-3)21(22)27;/h5-8,11,16,18H,4,9-10,12-13,28H2,1-3H3,(H2,29,30,31);1H. The van der Waals surface area contributed by atoms with Crippen LogP contribution in [0.3, 0.4) is 0 Å². The molecule has 2 unspecified atom stereocenters. The molecule has 1 amide bonds. The van der Waals surface area contributed by atoms with Crippen molar-refractivity contribution in [3.05, 3.63) is 47.5 Å². The van der Waals surface area contributed by atoms with Crippen LogP contribution in [0.5, 0.6) is 11.5 Å². The van der Waals surface area contributed by atoms with Gasteiger partial charge in [-0.2, -0.15) is 4.98 Å². The number of aromatic nitrogens is 2. The molecule has 0 aliphatic carbocycles. The molecule has 0 spiro atoms. The van der Waals surface area contributed by atoms with Crippen LogP contribution in [-0.2, 0) is 4.79 Å². The minimum atomic E-state index is -0.682. The predicted molar refractivity (Wildman–Crippen MR) is 140 cm³/mol. The van der Waals surface area contributed by atoms with Gasteiger partial charge in [0.05, 0.1) is 14.2 Å². The molecular formula is C25H31ClF2N6O3. The van der Waals surface area contributed by atoms with E-state index >= 15 is 4.39 Å². The predicted octanol–water partition coefficient (Wildman–Crippen LogP) is 3.45. The van der Waals surface area contributed by atoms with Crippen LogP contribution in [0.1, 0.15) is 31.4 Å². The summed E-state index contributed by atoms with van der Waals surface area (Å²) < 4.78 is 38.8. The first kappa shape index (κ1) is 28.1. The van der Waals surface area contributed by atoms with Gasteiger partial charge in [-0.3, -0.25) is 4.79 Å². The fourth-order valence-corrected chi connectivity index (χ4v) is 4.51. The summed E-state index contributed by atoms with van der Waals surface area (Å²) >= 11 is 0. The summed E-state index contributed by atoms with van der Waals surface area (Å²) in [5.74, 6) is -0.586. The fourth-order valence-electron chi connectivity index (χ4n) is 4.51. The van der Waals surface area contributed by atoms with Gasteiger partial charge in [0, 0.05) is 43.5 Å². The Balaban J connectivity index is 0.00000380. The average Bonchev–Trinajstić information content (AvgIpc) is 2.88. The molecule has 1 fully saturated rings. The summed E-state index contributed by atoms with van der Waals surface area (Å²) in [6.45, 7) is 3.28. The third-order valence-electron chi connectivity index (χ3n) is 6.55. The van der Waals surface area contributed by atoms with Gasteiger partial charge in [-0.05, 0) is 30.2 Å². The molecule has 2 heterocycles. The molecule has 1 aliphatic rings. The maximum absolute atomic E-state index is 15.2. The van der Waals surface area contributed by atoms with Gasteiger partial charge in [-0.1, -0.05) is 19.1 Å². The summed E-state index contributed by atoms with van der Waals surface area (Å²) in [6.07, 6.45) is 0.803. The van der Waals surface area contributed by atoms with Crippen molar-refractivity contribution in [3.63, 3.8) is 0 Å². The van der Waals surface area contributed by atoms with Gasteiger partial charge in [0.25, 0.3) is 0 Å². The maximum atomic E-state index is 15.2. The summed E-state index contributed by atoms with van der Waals surface area (Å²) in [4.78, 5) is 25.6. The lowest BCUT2D eigenvalue weighted by Gasteiger charge is -2.41. The van der Waals surface area contributed by atoms with E-state index in [2.05, 4.69) is 9.97 Å². The normalized spacial score (nSPS) is 16.3. The van der Waals surface area contributed by atoms with E-state index in [1.54, 1.807) is 23.1 Å². The van der Waals surface area contributed by atoms with Crippen LogP contribution in [0, 0.1) is 11.6 Å². The number of fused-ring (bicyclic) bond motifs is 1. The smallest absolute Gasteiger partial charge is 0.228 e. The van der Waals surface area contributed by atoms with Gasteiger partial charge in [-0.15, -0.1) is 12.4 Å². The fraction of sp³-hybridized carbons (Fsp3) is 0.400. The minimum absolute atomic E-state index is 0. The van der Waals surface area contributed by atoms with Gasteiger partial charge in [0.15, 0.2) is 17.3 Å². The Kier molecular flexibility index (Phi) is 8.93. The Bertz CT molecular complexity index is 1260. The van der Waals surface area contributed by atoms with Crippen molar-refractivity contribution >= 4 is 41.0 Å². The number of benzene rings is 2. The summed E-state index contributed by atoms with van der Waals surface area (Å²) in [5.41, 5.74) is 13.1. The Hall–Kier alpha value is -3.44. The van der Waals surface area contributed by atoms with Crippen LogP contribution < -0.4 is 25.8 Å². The molecule has 1 saturated heterocycles. The van der Waals surface area contributed by atoms with Gasteiger partial charge in [-0.25, -0.2) is 13.8 Å². The lowest BCUT2D eigenvalue weighted by atomic mass is 10.0. The number of ether oxygens (including phenoxy) is 2. The van der Waals surface area contributed by atoms with Crippen molar-refractivity contribution < 1.29 is 23.0 Å². The molecule has 0 saturated carbocycles. The summed E-state index contributed by atoms with van der Waals surface area (Å²) in [7, 11) is 2.76. The third kappa shape index (κ3) is 5.62. The number of hydrogen-bond acceptors (Lipinski definition) is 8. The number of nitrogens with two attached hydrogens (primary N) is 2. The molecule has 0 bridgehead atoms. The topological polar surface area (TPSA) is 120 Å². The zero-order valence-corrected chi connectivity index (χ0v) is 21.7. The number of hydrogen-bond donors (Lipinski definition) is 2. The highest BCUT2D eigenvalue weighted by atomic mass is 35.5. The first-order valence-corrected chi connectivity index (χ1v) is 11.7. The quantitative estimate of drug-likeness (QED) is 0.471. The Labute approximate surface area is 220 Å². The SMILES string of the molecule is CCC1CN(C(=O)CC(N)c2ccc(F)cc2)CCN1c1nc(N)c2cc(OC)c(OC)c(F)c2n1.Cl. The number of carbonyl (C=O) groups excluding carboxylic acids is 1. The number of carbonyl (C=O) groups is 1. The zero-order chi connectivity index (χ0) is 26.0. The molecule has 2 aromatic carbocycles. The Morgan fingerprint density at radius 2 is 1.86 bits per heavy atom. The summed E-state index contributed by atoms with van der Waals surface area (Å²) in [6, 6.07) is 6.75. The molecule has 12 heteroatoms. The first-order valence-electron chi connectivity index (χ1n) is 11.7. The van der Waals surface area contributed by atoms with Gasteiger partial charge in [0.2, 0.25) is 11.9 Å². The largest absolute Gasteiger partial charge is 0.493 e. The van der Waals surface area contributed by atoms with E-state index in [4.69, 9.17) is 20.9 Å². The molecule has 9 nitrogen and oxygen atoms in total. The third-order valence-corrected chi connectivity index (χ3v) is 6.55. The molecule has 1 aromatic heterocycles. The second-order valence-electron chi connectivity index (χ2n) is 8.69. The first-order chi connectivity index (χ1) is 17.3. The van der Waals surface area contributed by atoms with Crippen LogP contribution in [-0.4, -0.2) is 60.7 Å². The van der Waals surface area contributed by atoms with Gasteiger partial charge >= 0.3 is 0 Å². The van der Waals surface area contributed by atoms with Crippen LogP contribution in [0.15, 0.2) is 30.3 Å². The highest BCUT2D eigenvalue weighted by Crippen LogP contribution is 2.38. The van der Waals surface area contributed by atoms with Crippen molar-refractivity contribution in [2.75, 3.05) is 44.5 Å². The Morgan fingerprint density at radius 3 is 2.49 bits per heavy atom. The van der Waals surface area contributed by atoms with Crippen LogP contribution >= 0.6 is 12.4 Å². The van der Waals surface area contributed by atoms with E-state index in [0.29, 0.717) is 37.0 Å². The van der Waals surface area contributed by atoms with Crippen LogP contribution in [0.4, 0.5) is 20.5 Å². The molecule has 3 aromatic rings. The lowest BCUT2D eigenvalue weighted by Crippen LogP contribution is -2.55. The van der Waals surface area contributed by atoms with E-state index in [-0.39, 0.29) is 65.4 Å². The average molecular weight is 537 g/mol. The minimum Gasteiger partial charge on any atom is -0.493 e. The molecule has 0 radical (unpaired) electrons. The highest BCUT2D eigenvalue weighted by molar-refractivity contribution is 5.92. The van der Waals surface area contributed by atoms with Crippen molar-refractivity contribution in [2.45, 2.75) is 31.8 Å². The van der Waals surface area contributed by atoms with Crippen LogP contribution in [0.2, 0.25) is 0 Å². The number of nitrogen functional groups attached to an aromatic ring is 1. The molecule has 37 heavy (non-hydrogen) atoms. The van der Waals surface area contributed by atoms with E-state index < -0.39 is 11.9 Å². The molecule has 4 rings (SSSR count). The summed E-state index contributed by atoms with van der Waals surface area (Å²) in [5, 5.41) is 0.325. The second-order valence-corrected chi connectivity index (χ2v) is 8.69. The van der Waals surface area contributed by atoms with Crippen molar-refractivity contribution in [2.24, 2.45) is 5.73 Å². The number of halogens is 3. The molecule has 1 aliphatic heterocycles. The monoisotopic (exact) mass is 536 g/mol. The molecule has 2 atom stereocenters. The van der Waals surface area contributed by atoms with Gasteiger partial charge in [0.1, 0.15) is 17.2 Å². The lowest BCUT2D eigenvalue weighted by molar-refractivity contribution is -0.132. The molecule has 4 N–H and O–H groups in total. The number of rotatable bonds is 7. The van der Waals surface area contributed by atoms with Crippen molar-refractivity contribution in [1.82, 2.24) is 14.9 Å². The number of methoxy groups -OCH3 is 2. The number of piperazine rings is 1. The highest BCUT2D eigenvalue weighted by Gasteiger charge is 2.32. The van der Waals surface area contributed by atoms with Crippen molar-refractivity contribution in [3.8, 4) is 11.5 Å². The number of nitrogens with zero attached hydrogens (tertiary/aromatic N) is 4. The second kappa shape index (κ2) is 11.7. The number of anilines is 2. The Morgan fingerprint density at radius 1 is 1.16 bits per heavy atom. The van der Waals surface area contributed by atoms with Gasteiger partial charge < -0.3 is 30.7 Å². The van der Waals surface area contributed by atoms with E-state index in [1.165, 1.54) is 26.4 Å². The molecule has 200 valence electrons. The van der Waals surface area contributed by atoms with E-state index in [9.17, 15) is 9.18 Å². The zero-order valence-electron chi connectivity index (χ0n) is 20.9. The van der Waals surface area contributed by atoms with E-state index in [1.807, 2.05) is 11.8 Å².